The average molecular weight is 339 g/mol. The van der Waals surface area contributed by atoms with Gasteiger partial charge in [-0.15, -0.1) is 0 Å². The van der Waals surface area contributed by atoms with Gasteiger partial charge >= 0.3 is 0 Å². The van der Waals surface area contributed by atoms with Crippen molar-refractivity contribution in [2.24, 2.45) is 0 Å². The first-order valence-electron chi connectivity index (χ1n) is 8.38. The molecule has 0 spiro atoms. The number of nitrogens with one attached hydrogen (secondary N) is 1. The van der Waals surface area contributed by atoms with Crippen molar-refractivity contribution < 1.29 is 9.72 Å². The number of hydrogen-bond donors (Lipinski definition) is 1. The third-order valence-corrected chi connectivity index (χ3v) is 4.52. The van der Waals surface area contributed by atoms with Gasteiger partial charge in [0.1, 0.15) is 5.69 Å². The fourth-order valence-electron chi connectivity index (χ4n) is 3.34. The Morgan fingerprint density at radius 3 is 2.76 bits per heavy atom. The Labute approximate surface area is 146 Å². The first-order chi connectivity index (χ1) is 12.0. The zero-order valence-electron chi connectivity index (χ0n) is 14.1. The molecule has 130 valence electrons. The van der Waals surface area contributed by atoms with E-state index in [9.17, 15) is 14.9 Å². The summed E-state index contributed by atoms with van der Waals surface area (Å²) in [6.07, 6.45) is 2.06. The maximum Gasteiger partial charge on any atom is 0.293 e. The molecule has 6 heteroatoms. The molecule has 1 aliphatic rings. The molecule has 1 fully saturated rings. The number of nitro groups is 1. The molecular formula is C19H21N3O3. The van der Waals surface area contributed by atoms with Crippen LogP contribution in [0.25, 0.3) is 0 Å². The van der Waals surface area contributed by atoms with Gasteiger partial charge < -0.3 is 5.32 Å². The number of aryl methyl sites for hydroxylation is 1. The monoisotopic (exact) mass is 339 g/mol. The first-order valence-corrected chi connectivity index (χ1v) is 8.38. The van der Waals surface area contributed by atoms with E-state index >= 15 is 0 Å². The van der Waals surface area contributed by atoms with E-state index in [1.165, 1.54) is 11.6 Å². The van der Waals surface area contributed by atoms with Crippen molar-refractivity contribution >= 4 is 17.3 Å². The van der Waals surface area contributed by atoms with Gasteiger partial charge in [0.05, 0.1) is 11.5 Å². The minimum atomic E-state index is -0.467. The summed E-state index contributed by atoms with van der Waals surface area (Å²) in [5.74, 6) is -0.227. The van der Waals surface area contributed by atoms with Crippen molar-refractivity contribution in [1.29, 1.82) is 0 Å². The Morgan fingerprint density at radius 1 is 1.28 bits per heavy atom. The van der Waals surface area contributed by atoms with Gasteiger partial charge in [0.15, 0.2) is 0 Å². The number of likely N-dealkylation sites (tertiary alicyclic amines) is 1. The van der Waals surface area contributed by atoms with E-state index in [0.29, 0.717) is 0 Å². The standard InChI is InChI=1S/C19H21N3O3/c1-14-9-10-16(18(12-14)22(24)25)20-19(23)13-21-11-5-8-17(21)15-6-3-2-4-7-15/h2-4,6-7,9-10,12,17H,5,8,11,13H2,1H3,(H,20,23). The normalized spacial score (nSPS) is 17.4. The smallest absolute Gasteiger partial charge is 0.293 e. The maximum atomic E-state index is 12.4. The number of nitrogens with zero attached hydrogens (tertiary/aromatic N) is 2. The van der Waals surface area contributed by atoms with Crippen LogP contribution in [0.3, 0.4) is 0 Å². The molecule has 0 aromatic heterocycles. The van der Waals surface area contributed by atoms with E-state index in [1.807, 2.05) is 18.2 Å². The van der Waals surface area contributed by atoms with E-state index < -0.39 is 4.92 Å². The maximum absolute atomic E-state index is 12.4. The zero-order valence-corrected chi connectivity index (χ0v) is 14.1. The molecule has 2 aromatic rings. The molecule has 6 nitrogen and oxygen atoms in total. The Balaban J connectivity index is 1.70. The predicted octanol–water partition coefficient (Wildman–Crippen LogP) is 3.68. The second kappa shape index (κ2) is 7.44. The average Bonchev–Trinajstić information content (AvgIpc) is 3.05. The van der Waals surface area contributed by atoms with E-state index in [2.05, 4.69) is 22.3 Å². The number of rotatable bonds is 5. The lowest BCUT2D eigenvalue weighted by atomic mass is 10.0. The number of amides is 1. The first kappa shape index (κ1) is 17.1. The number of carbonyl (C=O) groups is 1. The van der Waals surface area contributed by atoms with Crippen molar-refractivity contribution in [3.63, 3.8) is 0 Å². The second-order valence-electron chi connectivity index (χ2n) is 6.37. The van der Waals surface area contributed by atoms with Crippen LogP contribution in [-0.2, 0) is 4.79 Å². The van der Waals surface area contributed by atoms with Crippen LogP contribution in [0.15, 0.2) is 48.5 Å². The lowest BCUT2D eigenvalue weighted by molar-refractivity contribution is -0.384. The summed E-state index contributed by atoms with van der Waals surface area (Å²) in [6, 6.07) is 15.2. The van der Waals surface area contributed by atoms with Gasteiger partial charge in [-0.3, -0.25) is 19.8 Å². The summed E-state index contributed by atoms with van der Waals surface area (Å²) in [6.45, 7) is 2.86. The highest BCUT2D eigenvalue weighted by atomic mass is 16.6. The number of carbonyl (C=O) groups excluding carboxylic acids is 1. The van der Waals surface area contributed by atoms with Crippen molar-refractivity contribution in [3.05, 3.63) is 69.8 Å². The molecule has 1 amide bonds. The van der Waals surface area contributed by atoms with Crippen molar-refractivity contribution in [2.45, 2.75) is 25.8 Å². The van der Waals surface area contributed by atoms with Gasteiger partial charge in [-0.1, -0.05) is 36.4 Å². The molecule has 0 saturated carbocycles. The van der Waals surface area contributed by atoms with Gasteiger partial charge in [0.2, 0.25) is 5.91 Å². The van der Waals surface area contributed by atoms with Crippen molar-refractivity contribution in [3.8, 4) is 0 Å². The summed E-state index contributed by atoms with van der Waals surface area (Å²) < 4.78 is 0. The minimum Gasteiger partial charge on any atom is -0.319 e. The molecule has 1 N–H and O–H groups in total. The fraction of sp³-hybridized carbons (Fsp3) is 0.316. The Kier molecular flexibility index (Phi) is 5.09. The number of hydrogen-bond acceptors (Lipinski definition) is 4. The van der Waals surface area contributed by atoms with Crippen LogP contribution in [0.2, 0.25) is 0 Å². The Morgan fingerprint density at radius 2 is 2.04 bits per heavy atom. The highest BCUT2D eigenvalue weighted by Crippen LogP contribution is 2.31. The van der Waals surface area contributed by atoms with E-state index in [-0.39, 0.29) is 29.9 Å². The fourth-order valence-corrected chi connectivity index (χ4v) is 3.34. The predicted molar refractivity (Wildman–Crippen MR) is 96.5 cm³/mol. The lowest BCUT2D eigenvalue weighted by Gasteiger charge is -2.24. The molecule has 1 heterocycles. The molecule has 3 rings (SSSR count). The molecule has 2 aromatic carbocycles. The van der Waals surface area contributed by atoms with E-state index in [1.54, 1.807) is 19.1 Å². The van der Waals surface area contributed by atoms with Gasteiger partial charge in [0.25, 0.3) is 5.69 Å². The van der Waals surface area contributed by atoms with Crippen molar-refractivity contribution in [2.75, 3.05) is 18.4 Å². The Bertz CT molecular complexity index is 777. The largest absolute Gasteiger partial charge is 0.319 e. The molecule has 1 aliphatic heterocycles. The molecule has 1 unspecified atom stereocenters. The summed E-state index contributed by atoms with van der Waals surface area (Å²) in [7, 11) is 0. The lowest BCUT2D eigenvalue weighted by Crippen LogP contribution is -2.33. The molecule has 0 aliphatic carbocycles. The van der Waals surface area contributed by atoms with Crippen LogP contribution in [-0.4, -0.2) is 28.8 Å². The highest BCUT2D eigenvalue weighted by Gasteiger charge is 2.28. The SMILES string of the molecule is Cc1ccc(NC(=O)CN2CCCC2c2ccccc2)c([N+](=O)[O-])c1. The van der Waals surface area contributed by atoms with Gasteiger partial charge in [-0.25, -0.2) is 0 Å². The summed E-state index contributed by atoms with van der Waals surface area (Å²) in [5, 5.41) is 13.9. The molecule has 1 saturated heterocycles. The zero-order chi connectivity index (χ0) is 17.8. The highest BCUT2D eigenvalue weighted by molar-refractivity contribution is 5.94. The summed E-state index contributed by atoms with van der Waals surface area (Å²) >= 11 is 0. The molecular weight excluding hydrogens is 318 g/mol. The van der Waals surface area contributed by atoms with Crippen LogP contribution in [0.5, 0.6) is 0 Å². The third-order valence-electron chi connectivity index (χ3n) is 4.52. The van der Waals surface area contributed by atoms with Crippen molar-refractivity contribution in [1.82, 2.24) is 4.90 Å². The quantitative estimate of drug-likeness (QED) is 0.666. The van der Waals surface area contributed by atoms with Crippen LogP contribution < -0.4 is 5.32 Å². The second-order valence-corrected chi connectivity index (χ2v) is 6.37. The van der Waals surface area contributed by atoms with Gasteiger partial charge in [0, 0.05) is 12.1 Å². The molecule has 0 radical (unpaired) electrons. The minimum absolute atomic E-state index is 0.0746. The van der Waals surface area contributed by atoms with Crippen LogP contribution in [0, 0.1) is 17.0 Å². The topological polar surface area (TPSA) is 75.5 Å². The molecule has 25 heavy (non-hydrogen) atoms. The van der Waals surface area contributed by atoms with Crippen LogP contribution in [0.4, 0.5) is 11.4 Å². The third kappa shape index (κ3) is 4.03. The van der Waals surface area contributed by atoms with E-state index in [0.717, 1.165) is 24.9 Å². The molecule has 0 bridgehead atoms. The van der Waals surface area contributed by atoms with Crippen LogP contribution in [0.1, 0.15) is 30.0 Å². The van der Waals surface area contributed by atoms with Crippen LogP contribution >= 0.6 is 0 Å². The van der Waals surface area contributed by atoms with Gasteiger partial charge in [-0.05, 0) is 43.5 Å². The van der Waals surface area contributed by atoms with E-state index in [4.69, 9.17) is 0 Å². The Hall–Kier alpha value is -2.73. The summed E-state index contributed by atoms with van der Waals surface area (Å²) in [5.41, 5.74) is 2.16. The number of nitro benzene ring substituents is 1. The molecule has 1 atom stereocenters. The summed E-state index contributed by atoms with van der Waals surface area (Å²) in [4.78, 5) is 25.3. The number of anilines is 1. The van der Waals surface area contributed by atoms with Gasteiger partial charge in [-0.2, -0.15) is 0 Å². The number of benzene rings is 2.